The molecule has 2 aliphatic heterocycles. The molecular weight excluding hydrogens is 401 g/mol. The maximum absolute atomic E-state index is 13.3. The average Bonchev–Trinajstić information content (AvgIpc) is 3.24. The Bertz CT molecular complexity index is 916. The summed E-state index contributed by atoms with van der Waals surface area (Å²) in [4.78, 5) is 31.4. The number of rotatable bonds is 5. The highest BCUT2D eigenvalue weighted by atomic mass is 19.1. The minimum Gasteiger partial charge on any atom is -0.378 e. The van der Waals surface area contributed by atoms with Crippen LogP contribution >= 0.6 is 0 Å². The average molecular weight is 429 g/mol. The molecule has 2 aromatic rings. The standard InChI is InChI=1S/C22H28FN5O3/c1-2-20-19(15-24-28(20)18-5-3-17(23)4-6-18)22(30)27-9-7-25(8-10-27)16-21(29)26-11-13-31-14-12-26/h3-6,15H,2,7-14,16H2,1H3. The van der Waals surface area contributed by atoms with Gasteiger partial charge in [-0.25, -0.2) is 9.07 Å². The van der Waals surface area contributed by atoms with Crippen LogP contribution in [0.3, 0.4) is 0 Å². The van der Waals surface area contributed by atoms with Crippen molar-refractivity contribution in [3.8, 4) is 5.69 Å². The van der Waals surface area contributed by atoms with E-state index in [4.69, 9.17) is 4.74 Å². The molecule has 0 atom stereocenters. The van der Waals surface area contributed by atoms with Gasteiger partial charge in [0.05, 0.1) is 42.9 Å². The predicted molar refractivity (Wildman–Crippen MR) is 113 cm³/mol. The molecule has 0 bridgehead atoms. The number of carbonyl (C=O) groups excluding carboxylic acids is 2. The third-order valence-electron chi connectivity index (χ3n) is 5.89. The van der Waals surface area contributed by atoms with Crippen molar-refractivity contribution >= 4 is 11.8 Å². The topological polar surface area (TPSA) is 70.9 Å². The fourth-order valence-corrected chi connectivity index (χ4v) is 4.08. The molecule has 0 N–H and O–H groups in total. The minimum atomic E-state index is -0.310. The molecule has 31 heavy (non-hydrogen) atoms. The van der Waals surface area contributed by atoms with Gasteiger partial charge in [0.1, 0.15) is 5.82 Å². The number of piperazine rings is 1. The number of hydrogen-bond donors (Lipinski definition) is 0. The zero-order valence-electron chi connectivity index (χ0n) is 17.8. The first-order chi connectivity index (χ1) is 15.1. The second-order valence-electron chi connectivity index (χ2n) is 7.81. The molecule has 0 unspecified atom stereocenters. The Morgan fingerprint density at radius 1 is 1.00 bits per heavy atom. The molecule has 3 heterocycles. The van der Waals surface area contributed by atoms with Crippen molar-refractivity contribution in [1.29, 1.82) is 0 Å². The van der Waals surface area contributed by atoms with Gasteiger partial charge in [-0.1, -0.05) is 6.92 Å². The van der Waals surface area contributed by atoms with Crippen molar-refractivity contribution in [2.45, 2.75) is 13.3 Å². The molecule has 4 rings (SSSR count). The van der Waals surface area contributed by atoms with E-state index in [9.17, 15) is 14.0 Å². The number of benzene rings is 1. The molecule has 9 heteroatoms. The molecule has 2 aliphatic rings. The van der Waals surface area contributed by atoms with Gasteiger partial charge in [-0.2, -0.15) is 5.10 Å². The van der Waals surface area contributed by atoms with Crippen LogP contribution in [0.5, 0.6) is 0 Å². The highest BCUT2D eigenvalue weighted by Crippen LogP contribution is 2.19. The lowest BCUT2D eigenvalue weighted by Crippen LogP contribution is -2.52. The molecule has 1 aromatic heterocycles. The quantitative estimate of drug-likeness (QED) is 0.714. The van der Waals surface area contributed by atoms with Crippen LogP contribution in [0.25, 0.3) is 5.69 Å². The lowest BCUT2D eigenvalue weighted by molar-refractivity contribution is -0.136. The smallest absolute Gasteiger partial charge is 0.257 e. The van der Waals surface area contributed by atoms with Crippen molar-refractivity contribution in [2.24, 2.45) is 0 Å². The molecule has 2 amide bonds. The van der Waals surface area contributed by atoms with Crippen molar-refractivity contribution < 1.29 is 18.7 Å². The van der Waals surface area contributed by atoms with Gasteiger partial charge in [0.25, 0.3) is 5.91 Å². The third kappa shape index (κ3) is 4.77. The first kappa shape index (κ1) is 21.5. The number of carbonyl (C=O) groups is 2. The fraction of sp³-hybridized carbons (Fsp3) is 0.500. The second-order valence-corrected chi connectivity index (χ2v) is 7.81. The van der Waals surface area contributed by atoms with Gasteiger partial charge in [-0.05, 0) is 30.7 Å². The number of halogens is 1. The zero-order valence-corrected chi connectivity index (χ0v) is 17.8. The number of ether oxygens (including phenoxy) is 1. The van der Waals surface area contributed by atoms with Crippen molar-refractivity contribution in [3.63, 3.8) is 0 Å². The van der Waals surface area contributed by atoms with E-state index in [0.717, 1.165) is 11.4 Å². The Balaban J connectivity index is 1.37. The number of nitrogens with zero attached hydrogens (tertiary/aromatic N) is 5. The number of hydrogen-bond acceptors (Lipinski definition) is 5. The van der Waals surface area contributed by atoms with Crippen LogP contribution in [-0.4, -0.2) is 95.3 Å². The largest absolute Gasteiger partial charge is 0.378 e. The predicted octanol–water partition coefficient (Wildman–Crippen LogP) is 1.19. The maximum atomic E-state index is 13.3. The normalized spacial score (nSPS) is 17.7. The Morgan fingerprint density at radius 3 is 2.32 bits per heavy atom. The Kier molecular flexibility index (Phi) is 6.62. The van der Waals surface area contributed by atoms with Gasteiger partial charge < -0.3 is 14.5 Å². The first-order valence-electron chi connectivity index (χ1n) is 10.8. The molecule has 166 valence electrons. The molecule has 0 radical (unpaired) electrons. The molecule has 2 fully saturated rings. The summed E-state index contributed by atoms with van der Waals surface area (Å²) >= 11 is 0. The molecule has 8 nitrogen and oxygen atoms in total. The van der Waals surface area contributed by atoms with Crippen molar-refractivity contribution in [3.05, 3.63) is 47.5 Å². The van der Waals surface area contributed by atoms with Gasteiger partial charge in [-0.15, -0.1) is 0 Å². The monoisotopic (exact) mass is 429 g/mol. The molecule has 0 saturated carbocycles. The van der Waals surface area contributed by atoms with Crippen LogP contribution in [-0.2, 0) is 16.0 Å². The van der Waals surface area contributed by atoms with Crippen LogP contribution in [0.4, 0.5) is 4.39 Å². The van der Waals surface area contributed by atoms with E-state index < -0.39 is 0 Å². The van der Waals surface area contributed by atoms with Crippen molar-refractivity contribution in [1.82, 2.24) is 24.5 Å². The molecular formula is C22H28FN5O3. The van der Waals surface area contributed by atoms with E-state index in [2.05, 4.69) is 10.00 Å². The van der Waals surface area contributed by atoms with E-state index in [1.54, 1.807) is 23.0 Å². The summed E-state index contributed by atoms with van der Waals surface area (Å²) in [5, 5.41) is 4.38. The Labute approximate surface area is 181 Å². The third-order valence-corrected chi connectivity index (χ3v) is 5.89. The highest BCUT2D eigenvalue weighted by Gasteiger charge is 2.27. The molecule has 0 aliphatic carbocycles. The van der Waals surface area contributed by atoms with Crippen LogP contribution < -0.4 is 0 Å². The van der Waals surface area contributed by atoms with Gasteiger partial charge in [0.15, 0.2) is 0 Å². The summed E-state index contributed by atoms with van der Waals surface area (Å²) in [5.41, 5.74) is 2.11. The number of aromatic nitrogens is 2. The van der Waals surface area contributed by atoms with E-state index in [0.29, 0.717) is 71.0 Å². The maximum Gasteiger partial charge on any atom is 0.257 e. The number of amides is 2. The van der Waals surface area contributed by atoms with E-state index in [1.807, 2.05) is 16.7 Å². The van der Waals surface area contributed by atoms with Gasteiger partial charge in [0.2, 0.25) is 5.91 Å². The van der Waals surface area contributed by atoms with E-state index in [-0.39, 0.29) is 17.6 Å². The molecule has 2 saturated heterocycles. The summed E-state index contributed by atoms with van der Waals surface area (Å²) in [6.45, 7) is 7.31. The van der Waals surface area contributed by atoms with Gasteiger partial charge >= 0.3 is 0 Å². The summed E-state index contributed by atoms with van der Waals surface area (Å²) < 4.78 is 20.3. The summed E-state index contributed by atoms with van der Waals surface area (Å²) in [6.07, 6.45) is 2.23. The van der Waals surface area contributed by atoms with Gasteiger partial charge in [0, 0.05) is 39.3 Å². The van der Waals surface area contributed by atoms with Crippen LogP contribution in [0.2, 0.25) is 0 Å². The van der Waals surface area contributed by atoms with E-state index >= 15 is 0 Å². The molecule has 1 aromatic carbocycles. The highest BCUT2D eigenvalue weighted by molar-refractivity contribution is 5.95. The van der Waals surface area contributed by atoms with Crippen LogP contribution in [0, 0.1) is 5.82 Å². The lowest BCUT2D eigenvalue weighted by Gasteiger charge is -2.36. The van der Waals surface area contributed by atoms with Crippen LogP contribution in [0.1, 0.15) is 23.0 Å². The van der Waals surface area contributed by atoms with Gasteiger partial charge in [-0.3, -0.25) is 14.5 Å². The zero-order chi connectivity index (χ0) is 21.8. The first-order valence-corrected chi connectivity index (χ1v) is 10.8. The summed E-state index contributed by atoms with van der Waals surface area (Å²) in [7, 11) is 0. The minimum absolute atomic E-state index is 0.0515. The summed E-state index contributed by atoms with van der Waals surface area (Å²) in [6, 6.07) is 6.07. The SMILES string of the molecule is CCc1c(C(=O)N2CCN(CC(=O)N3CCOCC3)CC2)cnn1-c1ccc(F)cc1. The second kappa shape index (κ2) is 9.57. The Morgan fingerprint density at radius 2 is 1.68 bits per heavy atom. The fourth-order valence-electron chi connectivity index (χ4n) is 4.08. The van der Waals surface area contributed by atoms with E-state index in [1.165, 1.54) is 12.1 Å². The number of morpholine rings is 1. The van der Waals surface area contributed by atoms with Crippen molar-refractivity contribution in [2.75, 3.05) is 59.0 Å². The lowest BCUT2D eigenvalue weighted by atomic mass is 10.1. The summed E-state index contributed by atoms with van der Waals surface area (Å²) in [5.74, 6) is -0.239. The Hall–Kier alpha value is -2.78. The van der Waals surface area contributed by atoms with Crippen LogP contribution in [0.15, 0.2) is 30.5 Å². The molecule has 0 spiro atoms.